The highest BCUT2D eigenvalue weighted by atomic mass is 32.2. The van der Waals surface area contributed by atoms with E-state index < -0.39 is 10.2 Å². The molecular formula is C16H23N5O2S. The molecule has 1 fully saturated rings. The number of aryl methyl sites for hydroxylation is 1. The zero-order valence-corrected chi connectivity index (χ0v) is 15.1. The third-order valence-electron chi connectivity index (χ3n) is 4.32. The Hall–Kier alpha value is -1.61. The second-order valence-electron chi connectivity index (χ2n) is 6.21. The summed E-state index contributed by atoms with van der Waals surface area (Å²) < 4.78 is 27.1. The SMILES string of the molecule is Cc1nc(CN2CCN(S(=O)(=O)N(C)C)CC2)nc2ccccc12. The van der Waals surface area contributed by atoms with Crippen LogP contribution in [0.4, 0.5) is 0 Å². The molecule has 0 spiro atoms. The smallest absolute Gasteiger partial charge is 0.281 e. The van der Waals surface area contributed by atoms with E-state index in [1.54, 1.807) is 14.1 Å². The van der Waals surface area contributed by atoms with Gasteiger partial charge in [0.2, 0.25) is 0 Å². The lowest BCUT2D eigenvalue weighted by Crippen LogP contribution is -2.51. The number of aromatic nitrogens is 2. The first-order valence-electron chi connectivity index (χ1n) is 8.00. The highest BCUT2D eigenvalue weighted by molar-refractivity contribution is 7.86. The van der Waals surface area contributed by atoms with E-state index in [1.807, 2.05) is 31.2 Å². The number of hydrogen-bond donors (Lipinski definition) is 0. The van der Waals surface area contributed by atoms with Crippen molar-refractivity contribution >= 4 is 21.1 Å². The van der Waals surface area contributed by atoms with Crippen molar-refractivity contribution in [3.8, 4) is 0 Å². The third kappa shape index (κ3) is 3.41. The molecule has 0 N–H and O–H groups in total. The normalized spacial score (nSPS) is 17.7. The van der Waals surface area contributed by atoms with Crippen molar-refractivity contribution in [1.82, 2.24) is 23.5 Å². The van der Waals surface area contributed by atoms with E-state index >= 15 is 0 Å². The van der Waals surface area contributed by atoms with Crippen LogP contribution in [0.1, 0.15) is 11.5 Å². The van der Waals surface area contributed by atoms with E-state index in [-0.39, 0.29) is 0 Å². The number of nitrogens with zero attached hydrogens (tertiary/aromatic N) is 5. The van der Waals surface area contributed by atoms with Gasteiger partial charge in [0.25, 0.3) is 10.2 Å². The minimum atomic E-state index is -3.32. The summed E-state index contributed by atoms with van der Waals surface area (Å²) in [5, 5.41) is 1.07. The van der Waals surface area contributed by atoms with Gasteiger partial charge in [-0.05, 0) is 13.0 Å². The lowest BCUT2D eigenvalue weighted by atomic mass is 10.2. The molecule has 0 radical (unpaired) electrons. The fourth-order valence-electron chi connectivity index (χ4n) is 2.91. The summed E-state index contributed by atoms with van der Waals surface area (Å²) in [5.41, 5.74) is 1.93. The minimum absolute atomic E-state index is 0.493. The van der Waals surface area contributed by atoms with Gasteiger partial charge in [-0.25, -0.2) is 9.97 Å². The summed E-state index contributed by atoms with van der Waals surface area (Å²) in [7, 11) is -0.197. The Morgan fingerprint density at radius 1 is 1.08 bits per heavy atom. The zero-order valence-electron chi connectivity index (χ0n) is 14.3. The van der Waals surface area contributed by atoms with E-state index in [9.17, 15) is 8.42 Å². The highest BCUT2D eigenvalue weighted by Gasteiger charge is 2.28. The van der Waals surface area contributed by atoms with Crippen LogP contribution in [0.5, 0.6) is 0 Å². The molecule has 2 aromatic rings. The van der Waals surface area contributed by atoms with Gasteiger partial charge < -0.3 is 0 Å². The Bertz CT molecular complexity index is 829. The Labute approximate surface area is 143 Å². The van der Waals surface area contributed by atoms with Crippen LogP contribution >= 0.6 is 0 Å². The van der Waals surface area contributed by atoms with Gasteiger partial charge in [0.1, 0.15) is 5.82 Å². The van der Waals surface area contributed by atoms with Crippen molar-refractivity contribution < 1.29 is 8.42 Å². The topological polar surface area (TPSA) is 69.6 Å². The predicted molar refractivity (Wildman–Crippen MR) is 93.7 cm³/mol. The minimum Gasteiger partial charge on any atom is -0.293 e. The number of fused-ring (bicyclic) bond motifs is 1. The molecule has 8 heteroatoms. The fraction of sp³-hybridized carbons (Fsp3) is 0.500. The van der Waals surface area contributed by atoms with Crippen LogP contribution < -0.4 is 0 Å². The molecule has 0 atom stereocenters. The second kappa shape index (κ2) is 6.72. The van der Waals surface area contributed by atoms with Crippen molar-refractivity contribution in [1.29, 1.82) is 0 Å². The second-order valence-corrected chi connectivity index (χ2v) is 8.35. The molecule has 1 aliphatic heterocycles. The average molecular weight is 349 g/mol. The number of rotatable bonds is 4. The molecule has 130 valence electrons. The van der Waals surface area contributed by atoms with Crippen LogP contribution in [0.2, 0.25) is 0 Å². The quantitative estimate of drug-likeness (QED) is 0.819. The first-order valence-corrected chi connectivity index (χ1v) is 9.40. The first kappa shape index (κ1) is 17.2. The van der Waals surface area contributed by atoms with Gasteiger partial charge in [0, 0.05) is 51.4 Å². The predicted octanol–water partition coefficient (Wildman–Crippen LogP) is 0.862. The fourth-order valence-corrected chi connectivity index (χ4v) is 4.00. The molecule has 2 heterocycles. The van der Waals surface area contributed by atoms with Gasteiger partial charge in [0.15, 0.2) is 0 Å². The number of hydrogen-bond acceptors (Lipinski definition) is 5. The van der Waals surface area contributed by atoms with Crippen molar-refractivity contribution in [2.45, 2.75) is 13.5 Å². The molecule has 3 rings (SSSR count). The molecule has 24 heavy (non-hydrogen) atoms. The Morgan fingerprint density at radius 3 is 2.42 bits per heavy atom. The van der Waals surface area contributed by atoms with E-state index in [0.717, 1.165) is 22.4 Å². The van der Waals surface area contributed by atoms with E-state index in [0.29, 0.717) is 32.7 Å². The van der Waals surface area contributed by atoms with Crippen LogP contribution in [-0.4, -0.2) is 72.2 Å². The van der Waals surface area contributed by atoms with E-state index in [4.69, 9.17) is 0 Å². The number of benzene rings is 1. The summed E-state index contributed by atoms with van der Waals surface area (Å²) in [6, 6.07) is 7.99. The van der Waals surface area contributed by atoms with Gasteiger partial charge in [-0.15, -0.1) is 0 Å². The molecule has 1 aromatic carbocycles. The van der Waals surface area contributed by atoms with Gasteiger partial charge in [-0.1, -0.05) is 18.2 Å². The van der Waals surface area contributed by atoms with Crippen LogP contribution in [0.25, 0.3) is 10.9 Å². The molecule has 0 amide bonds. The molecule has 0 bridgehead atoms. The summed E-state index contributed by atoms with van der Waals surface area (Å²) >= 11 is 0. The zero-order chi connectivity index (χ0) is 17.3. The molecule has 1 aromatic heterocycles. The summed E-state index contributed by atoms with van der Waals surface area (Å²) in [5.74, 6) is 0.787. The molecule has 1 aliphatic rings. The molecule has 1 saturated heterocycles. The Balaban J connectivity index is 1.69. The lowest BCUT2D eigenvalue weighted by molar-refractivity contribution is 0.174. The summed E-state index contributed by atoms with van der Waals surface area (Å²) in [6.07, 6.45) is 0. The van der Waals surface area contributed by atoms with E-state index in [2.05, 4.69) is 14.9 Å². The average Bonchev–Trinajstić information content (AvgIpc) is 2.55. The molecule has 7 nitrogen and oxygen atoms in total. The maximum Gasteiger partial charge on any atom is 0.281 e. The standard InChI is InChI=1S/C16H23N5O2S/c1-13-14-6-4-5-7-15(14)18-16(17-13)12-20-8-10-21(11-9-20)24(22,23)19(2)3/h4-7H,8-12H2,1-3H3. The number of piperazine rings is 1. The molecule has 0 unspecified atom stereocenters. The highest BCUT2D eigenvalue weighted by Crippen LogP contribution is 2.16. The lowest BCUT2D eigenvalue weighted by Gasteiger charge is -2.34. The van der Waals surface area contributed by atoms with Crippen molar-refractivity contribution in [2.75, 3.05) is 40.3 Å². The molecular weight excluding hydrogens is 326 g/mol. The first-order chi connectivity index (χ1) is 11.4. The molecule has 0 aliphatic carbocycles. The van der Waals surface area contributed by atoms with Crippen molar-refractivity contribution in [3.63, 3.8) is 0 Å². The maximum atomic E-state index is 12.2. The van der Waals surface area contributed by atoms with Crippen molar-refractivity contribution in [3.05, 3.63) is 35.8 Å². The largest absolute Gasteiger partial charge is 0.293 e. The van der Waals surface area contributed by atoms with Crippen LogP contribution in [0.15, 0.2) is 24.3 Å². The van der Waals surface area contributed by atoms with Crippen LogP contribution in [0.3, 0.4) is 0 Å². The molecule has 0 saturated carbocycles. The van der Waals surface area contributed by atoms with Gasteiger partial charge in [-0.2, -0.15) is 17.0 Å². The Kier molecular flexibility index (Phi) is 4.82. The van der Waals surface area contributed by atoms with Crippen LogP contribution in [0, 0.1) is 6.92 Å². The van der Waals surface area contributed by atoms with E-state index in [1.165, 1.54) is 8.61 Å². The Morgan fingerprint density at radius 2 is 1.75 bits per heavy atom. The summed E-state index contributed by atoms with van der Waals surface area (Å²) in [4.78, 5) is 11.4. The van der Waals surface area contributed by atoms with Gasteiger partial charge in [-0.3, -0.25) is 4.90 Å². The maximum absolute atomic E-state index is 12.2. The summed E-state index contributed by atoms with van der Waals surface area (Å²) in [6.45, 7) is 4.99. The monoisotopic (exact) mass is 349 g/mol. The van der Waals surface area contributed by atoms with Gasteiger partial charge >= 0.3 is 0 Å². The third-order valence-corrected chi connectivity index (χ3v) is 6.26. The van der Waals surface area contributed by atoms with Gasteiger partial charge in [0.05, 0.1) is 12.1 Å². The number of para-hydroxylation sites is 1. The van der Waals surface area contributed by atoms with Crippen molar-refractivity contribution in [2.24, 2.45) is 0 Å². The van der Waals surface area contributed by atoms with Crippen LogP contribution in [-0.2, 0) is 16.8 Å².